The molecule has 1 fully saturated rings. The lowest BCUT2D eigenvalue weighted by Gasteiger charge is -2.36. The summed E-state index contributed by atoms with van der Waals surface area (Å²) in [5.41, 5.74) is 5.95. The molecule has 0 aliphatic carbocycles. The lowest BCUT2D eigenvalue weighted by Crippen LogP contribution is -2.47. The molecule has 2 heterocycles. The van der Waals surface area contributed by atoms with E-state index in [2.05, 4.69) is 58.5 Å². The highest BCUT2D eigenvalue weighted by molar-refractivity contribution is 6.30. The van der Waals surface area contributed by atoms with E-state index < -0.39 is 0 Å². The molecular weight excluding hydrogens is 494 g/mol. The predicted molar refractivity (Wildman–Crippen MR) is 158 cm³/mol. The summed E-state index contributed by atoms with van der Waals surface area (Å²) in [7, 11) is 0. The Labute approximate surface area is 229 Å². The summed E-state index contributed by atoms with van der Waals surface area (Å²) in [6.45, 7) is 9.70. The first kappa shape index (κ1) is 26.0. The third-order valence-electron chi connectivity index (χ3n) is 7.09. The molecule has 1 aliphatic rings. The van der Waals surface area contributed by atoms with Crippen LogP contribution in [0.2, 0.25) is 5.02 Å². The molecule has 4 aromatic rings. The summed E-state index contributed by atoms with van der Waals surface area (Å²) in [6.07, 6.45) is 0.902. The number of pyridine rings is 1. The van der Waals surface area contributed by atoms with E-state index in [1.807, 2.05) is 48.5 Å². The molecule has 1 aromatic heterocycles. The van der Waals surface area contributed by atoms with Crippen LogP contribution in [0.1, 0.15) is 27.9 Å². The first-order valence-corrected chi connectivity index (χ1v) is 13.6. The zero-order chi connectivity index (χ0) is 26.5. The first-order valence-electron chi connectivity index (χ1n) is 13.2. The van der Waals surface area contributed by atoms with Gasteiger partial charge in [-0.3, -0.25) is 9.69 Å². The molecule has 0 bridgehead atoms. The van der Waals surface area contributed by atoms with Crippen LogP contribution in [-0.2, 0) is 0 Å². The van der Waals surface area contributed by atoms with Crippen molar-refractivity contribution in [1.82, 2.24) is 15.2 Å². The Morgan fingerprint density at radius 3 is 2.55 bits per heavy atom. The van der Waals surface area contributed by atoms with Crippen LogP contribution < -0.4 is 15.5 Å². The van der Waals surface area contributed by atoms with Crippen LogP contribution >= 0.6 is 11.6 Å². The van der Waals surface area contributed by atoms with Gasteiger partial charge < -0.3 is 15.5 Å². The summed E-state index contributed by atoms with van der Waals surface area (Å²) in [5.74, 6) is 0.594. The van der Waals surface area contributed by atoms with Gasteiger partial charge in [0.05, 0.1) is 11.1 Å². The SMILES string of the molecule is Cc1ccc(Nc2cc(C(=O)NCCCN3CCN(c4cccc(Cl)c4)CC3)c3ccccc3n2)c(C)c1. The number of para-hydroxylation sites is 1. The summed E-state index contributed by atoms with van der Waals surface area (Å²) in [5, 5.41) is 8.17. The number of benzene rings is 3. The molecule has 1 amide bonds. The van der Waals surface area contributed by atoms with Gasteiger partial charge in [0, 0.05) is 54.5 Å². The van der Waals surface area contributed by atoms with Crippen molar-refractivity contribution in [2.75, 3.05) is 49.5 Å². The summed E-state index contributed by atoms with van der Waals surface area (Å²) in [4.78, 5) is 22.9. The van der Waals surface area contributed by atoms with Crippen LogP contribution in [0.3, 0.4) is 0 Å². The van der Waals surface area contributed by atoms with E-state index in [9.17, 15) is 4.79 Å². The van der Waals surface area contributed by atoms with E-state index >= 15 is 0 Å². The Morgan fingerprint density at radius 1 is 0.947 bits per heavy atom. The minimum atomic E-state index is -0.0712. The highest BCUT2D eigenvalue weighted by atomic mass is 35.5. The predicted octanol–water partition coefficient (Wildman–Crippen LogP) is 6.19. The van der Waals surface area contributed by atoms with E-state index in [1.165, 1.54) is 11.3 Å². The quantitative estimate of drug-likeness (QED) is 0.267. The zero-order valence-electron chi connectivity index (χ0n) is 22.0. The number of hydrogen-bond acceptors (Lipinski definition) is 5. The summed E-state index contributed by atoms with van der Waals surface area (Å²) >= 11 is 6.16. The van der Waals surface area contributed by atoms with E-state index in [-0.39, 0.29) is 5.91 Å². The highest BCUT2D eigenvalue weighted by Crippen LogP contribution is 2.25. The Bertz CT molecular complexity index is 1430. The second-order valence-corrected chi connectivity index (χ2v) is 10.4. The van der Waals surface area contributed by atoms with Crippen LogP contribution in [0, 0.1) is 13.8 Å². The van der Waals surface area contributed by atoms with Crippen LogP contribution in [0.15, 0.2) is 72.8 Å². The van der Waals surface area contributed by atoms with E-state index in [0.717, 1.165) is 66.3 Å². The maximum atomic E-state index is 13.3. The number of hydrogen-bond donors (Lipinski definition) is 2. The number of aryl methyl sites for hydroxylation is 2. The number of carbonyl (C=O) groups excluding carboxylic acids is 1. The fraction of sp³-hybridized carbons (Fsp3) is 0.290. The molecule has 1 saturated heterocycles. The standard InChI is InChI=1S/C31H34ClN5O/c1-22-11-12-28(23(2)19-22)34-30-21-27(26-9-3-4-10-29(26)35-30)31(38)33-13-6-14-36-15-17-37(18-16-36)25-8-5-7-24(32)20-25/h3-5,7-12,19-21H,6,13-18H2,1-2H3,(H,33,38)(H,34,35). The number of rotatable bonds is 8. The lowest BCUT2D eigenvalue weighted by molar-refractivity contribution is 0.0953. The minimum Gasteiger partial charge on any atom is -0.369 e. The number of aromatic nitrogens is 1. The zero-order valence-corrected chi connectivity index (χ0v) is 22.8. The molecule has 5 rings (SSSR count). The summed E-state index contributed by atoms with van der Waals surface area (Å²) < 4.78 is 0. The van der Waals surface area contributed by atoms with Crippen molar-refractivity contribution in [2.45, 2.75) is 20.3 Å². The number of anilines is 3. The van der Waals surface area contributed by atoms with Gasteiger partial charge in [0.1, 0.15) is 5.82 Å². The average Bonchev–Trinajstić information content (AvgIpc) is 2.92. The Hall–Kier alpha value is -3.61. The molecule has 0 radical (unpaired) electrons. The second kappa shape index (κ2) is 11.8. The molecule has 2 N–H and O–H groups in total. The molecule has 38 heavy (non-hydrogen) atoms. The van der Waals surface area contributed by atoms with E-state index in [4.69, 9.17) is 16.6 Å². The van der Waals surface area contributed by atoms with Gasteiger partial charge in [-0.25, -0.2) is 4.98 Å². The largest absolute Gasteiger partial charge is 0.369 e. The van der Waals surface area contributed by atoms with Crippen molar-refractivity contribution in [3.05, 3.63) is 94.5 Å². The summed E-state index contributed by atoms with van der Waals surface area (Å²) in [6, 6.07) is 24.0. The molecule has 3 aromatic carbocycles. The van der Waals surface area contributed by atoms with Gasteiger partial charge in [0.2, 0.25) is 0 Å². The number of amides is 1. The van der Waals surface area contributed by atoms with E-state index in [1.54, 1.807) is 0 Å². The fourth-order valence-electron chi connectivity index (χ4n) is 5.02. The molecule has 196 valence electrons. The Morgan fingerprint density at radius 2 is 1.76 bits per heavy atom. The Balaban J connectivity index is 1.17. The molecule has 0 saturated carbocycles. The van der Waals surface area contributed by atoms with Crippen LogP contribution in [-0.4, -0.2) is 55.1 Å². The normalized spacial score (nSPS) is 14.0. The number of carbonyl (C=O) groups is 1. The number of halogens is 1. The van der Waals surface area contributed by atoms with Gasteiger partial charge in [-0.05, 0) is 68.8 Å². The maximum absolute atomic E-state index is 13.3. The van der Waals surface area contributed by atoms with Gasteiger partial charge in [0.15, 0.2) is 0 Å². The number of nitrogens with one attached hydrogen (secondary N) is 2. The third-order valence-corrected chi connectivity index (χ3v) is 7.32. The van der Waals surface area contributed by atoms with Crippen molar-refractivity contribution in [3.63, 3.8) is 0 Å². The average molecular weight is 528 g/mol. The third kappa shape index (κ3) is 6.26. The first-order chi connectivity index (χ1) is 18.5. The molecular formula is C31H34ClN5O. The number of piperazine rings is 1. The van der Waals surface area contributed by atoms with Gasteiger partial charge in [-0.15, -0.1) is 0 Å². The topological polar surface area (TPSA) is 60.5 Å². The second-order valence-electron chi connectivity index (χ2n) is 9.93. The molecule has 0 spiro atoms. The molecule has 0 unspecified atom stereocenters. The maximum Gasteiger partial charge on any atom is 0.252 e. The van der Waals surface area contributed by atoms with Gasteiger partial charge in [-0.1, -0.05) is 53.6 Å². The fourth-order valence-corrected chi connectivity index (χ4v) is 5.21. The molecule has 0 atom stereocenters. The van der Waals surface area contributed by atoms with Crippen LogP contribution in [0.5, 0.6) is 0 Å². The lowest BCUT2D eigenvalue weighted by atomic mass is 10.1. The van der Waals surface area contributed by atoms with Gasteiger partial charge in [-0.2, -0.15) is 0 Å². The number of fused-ring (bicyclic) bond motifs is 1. The smallest absolute Gasteiger partial charge is 0.252 e. The van der Waals surface area contributed by atoms with Crippen LogP contribution in [0.25, 0.3) is 10.9 Å². The van der Waals surface area contributed by atoms with Crippen LogP contribution in [0.4, 0.5) is 17.2 Å². The molecule has 7 heteroatoms. The van der Waals surface area contributed by atoms with Crippen molar-refractivity contribution < 1.29 is 4.79 Å². The Kier molecular flexibility index (Phi) is 8.11. The van der Waals surface area contributed by atoms with Crippen molar-refractivity contribution in [3.8, 4) is 0 Å². The van der Waals surface area contributed by atoms with Gasteiger partial charge >= 0.3 is 0 Å². The van der Waals surface area contributed by atoms with Gasteiger partial charge in [0.25, 0.3) is 5.91 Å². The monoisotopic (exact) mass is 527 g/mol. The van der Waals surface area contributed by atoms with Crippen molar-refractivity contribution in [2.24, 2.45) is 0 Å². The minimum absolute atomic E-state index is 0.0712. The molecule has 1 aliphatic heterocycles. The van der Waals surface area contributed by atoms with E-state index in [0.29, 0.717) is 17.9 Å². The van der Waals surface area contributed by atoms with Crippen molar-refractivity contribution >= 4 is 45.6 Å². The molecule has 6 nitrogen and oxygen atoms in total. The number of nitrogens with zero attached hydrogens (tertiary/aromatic N) is 3. The van der Waals surface area contributed by atoms with Crippen molar-refractivity contribution in [1.29, 1.82) is 0 Å². The highest BCUT2D eigenvalue weighted by Gasteiger charge is 2.18.